The highest BCUT2D eigenvalue weighted by Crippen LogP contribution is 2.34. The molecule has 1 fully saturated rings. The maximum Gasteiger partial charge on any atom is 0.230 e. The van der Waals surface area contributed by atoms with Crippen LogP contribution in [0.1, 0.15) is 38.0 Å². The molecule has 0 aliphatic carbocycles. The molecule has 0 spiro atoms. The fraction of sp³-hybridized carbons (Fsp3) is 0.667. The van der Waals surface area contributed by atoms with Crippen molar-refractivity contribution in [1.29, 1.82) is 0 Å². The Kier molecular flexibility index (Phi) is 4.99. The smallest absolute Gasteiger partial charge is 0.230 e. The standard InChI is InChI=1S/C15H24N2OS/c1-3-7-15(8-9-16-12-15)14(18)17(4-2)11-13-6-5-10-19-13/h5-6,10,16H,3-4,7-9,11-12H2,1-2H3. The molecule has 1 amide bonds. The molecule has 1 N–H and O–H groups in total. The lowest BCUT2D eigenvalue weighted by Crippen LogP contribution is -2.44. The molecule has 0 radical (unpaired) electrons. The summed E-state index contributed by atoms with van der Waals surface area (Å²) in [6.45, 7) is 7.63. The van der Waals surface area contributed by atoms with E-state index in [-0.39, 0.29) is 5.41 Å². The number of carbonyl (C=O) groups excluding carboxylic acids is 1. The fourth-order valence-corrected chi connectivity index (χ4v) is 3.70. The van der Waals surface area contributed by atoms with Gasteiger partial charge in [-0.05, 0) is 37.8 Å². The maximum atomic E-state index is 12.9. The lowest BCUT2D eigenvalue weighted by atomic mass is 9.81. The number of hydrogen-bond acceptors (Lipinski definition) is 3. The fourth-order valence-electron chi connectivity index (χ4n) is 2.98. The minimum Gasteiger partial charge on any atom is -0.337 e. The lowest BCUT2D eigenvalue weighted by molar-refractivity contribution is -0.142. The zero-order valence-corrected chi connectivity index (χ0v) is 12.8. The monoisotopic (exact) mass is 280 g/mol. The molecule has 106 valence electrons. The summed E-state index contributed by atoms with van der Waals surface area (Å²) in [6.07, 6.45) is 3.06. The van der Waals surface area contributed by atoms with Gasteiger partial charge in [-0.15, -0.1) is 11.3 Å². The topological polar surface area (TPSA) is 32.3 Å². The van der Waals surface area contributed by atoms with Gasteiger partial charge in [0.05, 0.1) is 12.0 Å². The third-order valence-corrected chi connectivity index (χ3v) is 4.88. The van der Waals surface area contributed by atoms with Crippen LogP contribution in [0, 0.1) is 5.41 Å². The summed E-state index contributed by atoms with van der Waals surface area (Å²) >= 11 is 1.73. The van der Waals surface area contributed by atoms with Crippen LogP contribution in [0.2, 0.25) is 0 Å². The molecule has 0 bridgehead atoms. The van der Waals surface area contributed by atoms with E-state index in [4.69, 9.17) is 0 Å². The van der Waals surface area contributed by atoms with Gasteiger partial charge in [-0.3, -0.25) is 4.79 Å². The van der Waals surface area contributed by atoms with Crippen molar-refractivity contribution >= 4 is 17.2 Å². The highest BCUT2D eigenvalue weighted by atomic mass is 32.1. The van der Waals surface area contributed by atoms with Crippen molar-refractivity contribution in [2.24, 2.45) is 5.41 Å². The molecule has 1 aliphatic heterocycles. The molecule has 1 atom stereocenters. The molecule has 0 aromatic carbocycles. The molecular formula is C15H24N2OS. The van der Waals surface area contributed by atoms with E-state index in [2.05, 4.69) is 36.7 Å². The summed E-state index contributed by atoms with van der Waals surface area (Å²) in [5.41, 5.74) is -0.151. The van der Waals surface area contributed by atoms with Crippen molar-refractivity contribution in [2.45, 2.75) is 39.7 Å². The minimum absolute atomic E-state index is 0.151. The van der Waals surface area contributed by atoms with Crippen molar-refractivity contribution in [1.82, 2.24) is 10.2 Å². The number of carbonyl (C=O) groups is 1. The summed E-state index contributed by atoms with van der Waals surface area (Å²) in [7, 11) is 0. The number of amides is 1. The van der Waals surface area contributed by atoms with Crippen LogP contribution >= 0.6 is 11.3 Å². The quantitative estimate of drug-likeness (QED) is 0.869. The van der Waals surface area contributed by atoms with Crippen LogP contribution in [0.5, 0.6) is 0 Å². The van der Waals surface area contributed by atoms with E-state index in [1.54, 1.807) is 11.3 Å². The molecule has 1 unspecified atom stereocenters. The molecule has 2 rings (SSSR count). The Labute approximate surface area is 120 Å². The van der Waals surface area contributed by atoms with Crippen LogP contribution < -0.4 is 5.32 Å². The average molecular weight is 280 g/mol. The number of nitrogens with one attached hydrogen (secondary N) is 1. The number of nitrogens with zero attached hydrogens (tertiary/aromatic N) is 1. The van der Waals surface area contributed by atoms with E-state index >= 15 is 0 Å². The van der Waals surface area contributed by atoms with Crippen LogP contribution in [0.3, 0.4) is 0 Å². The highest BCUT2D eigenvalue weighted by Gasteiger charge is 2.42. The van der Waals surface area contributed by atoms with Crippen molar-refractivity contribution in [3.05, 3.63) is 22.4 Å². The second kappa shape index (κ2) is 6.53. The van der Waals surface area contributed by atoms with Crippen LogP contribution in [0.15, 0.2) is 17.5 Å². The van der Waals surface area contributed by atoms with Crippen molar-refractivity contribution in [2.75, 3.05) is 19.6 Å². The summed E-state index contributed by atoms with van der Waals surface area (Å²) in [5, 5.41) is 5.45. The Morgan fingerprint density at radius 2 is 2.37 bits per heavy atom. The number of thiophene rings is 1. The maximum absolute atomic E-state index is 12.9. The Morgan fingerprint density at radius 1 is 1.53 bits per heavy atom. The molecule has 1 aliphatic rings. The van der Waals surface area contributed by atoms with Gasteiger partial charge in [-0.1, -0.05) is 19.4 Å². The largest absolute Gasteiger partial charge is 0.337 e. The molecular weight excluding hydrogens is 256 g/mol. The molecule has 19 heavy (non-hydrogen) atoms. The SMILES string of the molecule is CCCC1(C(=O)N(CC)Cc2cccs2)CCNC1. The van der Waals surface area contributed by atoms with Gasteiger partial charge in [-0.25, -0.2) is 0 Å². The Hall–Kier alpha value is -0.870. The van der Waals surface area contributed by atoms with Gasteiger partial charge in [-0.2, -0.15) is 0 Å². The Balaban J connectivity index is 2.10. The molecule has 2 heterocycles. The van der Waals surface area contributed by atoms with Crippen molar-refractivity contribution in [3.63, 3.8) is 0 Å². The zero-order chi connectivity index (χ0) is 13.7. The van der Waals surface area contributed by atoms with E-state index in [1.165, 1.54) is 4.88 Å². The predicted octanol–water partition coefficient (Wildman–Crippen LogP) is 2.88. The molecule has 3 nitrogen and oxygen atoms in total. The third kappa shape index (κ3) is 3.18. The lowest BCUT2D eigenvalue weighted by Gasteiger charge is -2.33. The number of hydrogen-bond donors (Lipinski definition) is 1. The second-order valence-corrected chi connectivity index (χ2v) is 6.39. The van der Waals surface area contributed by atoms with Gasteiger partial charge in [0.15, 0.2) is 0 Å². The predicted molar refractivity (Wildman–Crippen MR) is 80.2 cm³/mol. The van der Waals surface area contributed by atoms with E-state index in [9.17, 15) is 4.79 Å². The molecule has 1 aromatic heterocycles. The second-order valence-electron chi connectivity index (χ2n) is 5.36. The normalized spacial score (nSPS) is 22.6. The number of rotatable bonds is 6. The summed E-state index contributed by atoms with van der Waals surface area (Å²) in [5.74, 6) is 0.343. The van der Waals surface area contributed by atoms with Crippen molar-refractivity contribution < 1.29 is 4.79 Å². The molecule has 4 heteroatoms. The van der Waals surface area contributed by atoms with Crippen LogP contribution in [0.4, 0.5) is 0 Å². The zero-order valence-electron chi connectivity index (χ0n) is 11.9. The van der Waals surface area contributed by atoms with Gasteiger partial charge < -0.3 is 10.2 Å². The van der Waals surface area contributed by atoms with Gasteiger partial charge >= 0.3 is 0 Å². The van der Waals surface area contributed by atoms with E-state index < -0.39 is 0 Å². The van der Waals surface area contributed by atoms with E-state index in [0.29, 0.717) is 5.91 Å². The van der Waals surface area contributed by atoms with Gasteiger partial charge in [0, 0.05) is 18.0 Å². The highest BCUT2D eigenvalue weighted by molar-refractivity contribution is 7.09. The Morgan fingerprint density at radius 3 is 2.89 bits per heavy atom. The summed E-state index contributed by atoms with van der Waals surface area (Å²) in [4.78, 5) is 16.2. The minimum atomic E-state index is -0.151. The van der Waals surface area contributed by atoms with Crippen molar-refractivity contribution in [3.8, 4) is 0 Å². The van der Waals surface area contributed by atoms with E-state index in [0.717, 1.165) is 45.4 Å². The first kappa shape index (κ1) is 14.5. The first-order chi connectivity index (χ1) is 9.22. The van der Waals surface area contributed by atoms with Gasteiger partial charge in [0.1, 0.15) is 0 Å². The van der Waals surface area contributed by atoms with E-state index in [1.807, 2.05) is 4.90 Å². The first-order valence-corrected chi connectivity index (χ1v) is 8.12. The molecule has 1 aromatic rings. The summed E-state index contributed by atoms with van der Waals surface area (Å²) < 4.78 is 0. The van der Waals surface area contributed by atoms with Gasteiger partial charge in [0.25, 0.3) is 0 Å². The van der Waals surface area contributed by atoms with Crippen LogP contribution in [-0.2, 0) is 11.3 Å². The molecule has 1 saturated heterocycles. The molecule has 0 saturated carbocycles. The average Bonchev–Trinajstić information content (AvgIpc) is 3.07. The van der Waals surface area contributed by atoms with Gasteiger partial charge in [0.2, 0.25) is 5.91 Å². The van der Waals surface area contributed by atoms with Crippen LogP contribution in [0.25, 0.3) is 0 Å². The van der Waals surface area contributed by atoms with Crippen LogP contribution in [-0.4, -0.2) is 30.4 Å². The summed E-state index contributed by atoms with van der Waals surface area (Å²) in [6, 6.07) is 4.16. The Bertz CT molecular complexity index is 396. The third-order valence-electron chi connectivity index (χ3n) is 4.02. The first-order valence-electron chi connectivity index (χ1n) is 7.24.